The van der Waals surface area contributed by atoms with Crippen molar-refractivity contribution in [3.05, 3.63) is 11.7 Å². The number of hydrogen-bond donors (Lipinski definition) is 1. The lowest BCUT2D eigenvalue weighted by molar-refractivity contribution is 0.116. The summed E-state index contributed by atoms with van der Waals surface area (Å²) in [4.78, 5) is 4.47. The van der Waals surface area contributed by atoms with Crippen molar-refractivity contribution in [2.75, 3.05) is 25.7 Å². The monoisotopic (exact) mass is 257 g/mol. The Balaban J connectivity index is 2.02. The highest BCUT2D eigenvalue weighted by molar-refractivity contribution is 7.99. The van der Waals surface area contributed by atoms with Crippen LogP contribution in [-0.4, -0.2) is 47.9 Å². The molecule has 3 atom stereocenters. The molecule has 1 aliphatic heterocycles. The van der Waals surface area contributed by atoms with Gasteiger partial charge in [-0.05, 0) is 14.0 Å². The normalized spacial score (nSPS) is 26.3. The second-order valence-electron chi connectivity index (χ2n) is 4.34. The lowest BCUT2D eigenvalue weighted by Crippen LogP contribution is -2.31. The minimum Gasteiger partial charge on any atom is -0.381 e. The molecule has 1 N–H and O–H groups in total. The number of nitrogens with one attached hydrogen (secondary N) is 1. The maximum atomic E-state index is 5.36. The summed E-state index contributed by atoms with van der Waals surface area (Å²) in [6.45, 7) is 2.00. The molecule has 0 bridgehead atoms. The topological polar surface area (TPSA) is 60.2 Å². The summed E-state index contributed by atoms with van der Waals surface area (Å²) in [6.07, 6.45) is 0.822. The highest BCUT2D eigenvalue weighted by atomic mass is 32.2. The second kappa shape index (κ2) is 5.84. The Kier molecular flexibility index (Phi) is 4.42. The van der Waals surface area contributed by atoms with Crippen LogP contribution in [0.1, 0.15) is 24.6 Å². The summed E-state index contributed by atoms with van der Waals surface area (Å²) in [5.74, 6) is 3.98. The Bertz CT molecular complexity index is 358. The van der Waals surface area contributed by atoms with E-state index >= 15 is 0 Å². The van der Waals surface area contributed by atoms with Crippen LogP contribution >= 0.6 is 11.8 Å². The van der Waals surface area contributed by atoms with E-state index in [2.05, 4.69) is 15.5 Å². The van der Waals surface area contributed by atoms with Crippen molar-refractivity contribution >= 4 is 11.8 Å². The van der Waals surface area contributed by atoms with E-state index in [1.54, 1.807) is 7.11 Å². The molecule has 1 saturated heterocycles. The molecular formula is C11H19N3O2S. The van der Waals surface area contributed by atoms with Crippen molar-refractivity contribution in [3.8, 4) is 0 Å². The number of aromatic nitrogens is 2. The van der Waals surface area contributed by atoms with Crippen molar-refractivity contribution in [3.63, 3.8) is 0 Å². The molecule has 5 nitrogen and oxygen atoms in total. The highest BCUT2D eigenvalue weighted by Gasteiger charge is 2.32. The molecule has 0 saturated carbocycles. The van der Waals surface area contributed by atoms with Gasteiger partial charge in [-0.3, -0.25) is 0 Å². The molecule has 2 rings (SSSR count). The first-order valence-corrected chi connectivity index (χ1v) is 7.00. The van der Waals surface area contributed by atoms with E-state index in [1.165, 1.54) is 0 Å². The van der Waals surface area contributed by atoms with Gasteiger partial charge in [0, 0.05) is 31.1 Å². The molecule has 0 spiro atoms. The van der Waals surface area contributed by atoms with Gasteiger partial charge in [0.25, 0.3) is 0 Å². The number of ether oxygens (including phenoxy) is 1. The summed E-state index contributed by atoms with van der Waals surface area (Å²) in [7, 11) is 3.67. The maximum Gasteiger partial charge on any atom is 0.232 e. The van der Waals surface area contributed by atoms with Gasteiger partial charge in [-0.25, -0.2) is 0 Å². The molecule has 1 aromatic rings. The molecule has 96 valence electrons. The van der Waals surface area contributed by atoms with Crippen molar-refractivity contribution in [2.24, 2.45) is 0 Å². The molecule has 17 heavy (non-hydrogen) atoms. The van der Waals surface area contributed by atoms with Crippen LogP contribution in [0.25, 0.3) is 0 Å². The van der Waals surface area contributed by atoms with E-state index in [-0.39, 0.29) is 6.10 Å². The summed E-state index contributed by atoms with van der Waals surface area (Å²) >= 11 is 1.92. The van der Waals surface area contributed by atoms with E-state index in [9.17, 15) is 0 Å². The first-order valence-electron chi connectivity index (χ1n) is 5.85. The standard InChI is InChI=1S/C11H19N3O2S/c1-7(15-3)4-10-13-11(16-14-10)8-5-17-6-9(8)12-2/h7-9,12H,4-6H2,1-3H3. The van der Waals surface area contributed by atoms with Crippen LogP contribution in [0.2, 0.25) is 0 Å². The van der Waals surface area contributed by atoms with Crippen LogP contribution in [0.15, 0.2) is 4.52 Å². The SMILES string of the molecule is CNC1CSCC1c1nc(CC(C)OC)no1. The van der Waals surface area contributed by atoms with E-state index in [0.29, 0.717) is 18.4 Å². The van der Waals surface area contributed by atoms with Gasteiger partial charge in [0.15, 0.2) is 5.82 Å². The van der Waals surface area contributed by atoms with E-state index in [1.807, 2.05) is 25.7 Å². The molecule has 1 fully saturated rings. The summed E-state index contributed by atoms with van der Waals surface area (Å²) in [5, 5.41) is 7.31. The van der Waals surface area contributed by atoms with Crippen molar-refractivity contribution < 1.29 is 9.26 Å². The van der Waals surface area contributed by atoms with Crippen LogP contribution in [0.4, 0.5) is 0 Å². The van der Waals surface area contributed by atoms with Gasteiger partial charge >= 0.3 is 0 Å². The molecule has 3 unspecified atom stereocenters. The Morgan fingerprint density at radius 1 is 1.59 bits per heavy atom. The Hall–Kier alpha value is -0.590. The van der Waals surface area contributed by atoms with Crippen LogP contribution in [0.3, 0.4) is 0 Å². The minimum absolute atomic E-state index is 0.124. The van der Waals surface area contributed by atoms with Gasteiger partial charge < -0.3 is 14.6 Å². The molecule has 0 aromatic carbocycles. The van der Waals surface area contributed by atoms with Gasteiger partial charge in [-0.2, -0.15) is 16.7 Å². The molecule has 6 heteroatoms. The zero-order valence-electron chi connectivity index (χ0n) is 10.5. The van der Waals surface area contributed by atoms with Crippen molar-refractivity contribution in [1.82, 2.24) is 15.5 Å². The van der Waals surface area contributed by atoms with Gasteiger partial charge in [0.1, 0.15) is 0 Å². The van der Waals surface area contributed by atoms with E-state index < -0.39 is 0 Å². The molecular weight excluding hydrogens is 238 g/mol. The zero-order chi connectivity index (χ0) is 12.3. The average molecular weight is 257 g/mol. The molecule has 0 aliphatic carbocycles. The minimum atomic E-state index is 0.124. The highest BCUT2D eigenvalue weighted by Crippen LogP contribution is 2.31. The molecule has 1 aromatic heterocycles. The van der Waals surface area contributed by atoms with Gasteiger partial charge in [-0.15, -0.1) is 0 Å². The Morgan fingerprint density at radius 2 is 2.41 bits per heavy atom. The van der Waals surface area contributed by atoms with Crippen LogP contribution < -0.4 is 5.32 Å². The summed E-state index contributed by atoms with van der Waals surface area (Å²) in [5.41, 5.74) is 0. The predicted molar refractivity (Wildman–Crippen MR) is 67.4 cm³/mol. The number of hydrogen-bond acceptors (Lipinski definition) is 6. The zero-order valence-corrected chi connectivity index (χ0v) is 11.3. The quantitative estimate of drug-likeness (QED) is 0.851. The Morgan fingerprint density at radius 3 is 3.12 bits per heavy atom. The van der Waals surface area contributed by atoms with Crippen molar-refractivity contribution in [2.45, 2.75) is 31.4 Å². The first-order chi connectivity index (χ1) is 8.24. The van der Waals surface area contributed by atoms with Crippen LogP contribution in [0.5, 0.6) is 0 Å². The third-order valence-electron chi connectivity index (χ3n) is 3.12. The van der Waals surface area contributed by atoms with Crippen LogP contribution in [-0.2, 0) is 11.2 Å². The van der Waals surface area contributed by atoms with E-state index in [4.69, 9.17) is 9.26 Å². The molecule has 0 amide bonds. The number of nitrogens with zero attached hydrogens (tertiary/aromatic N) is 2. The summed E-state index contributed by atoms with van der Waals surface area (Å²) in [6, 6.07) is 0.438. The molecule has 2 heterocycles. The average Bonchev–Trinajstić information content (AvgIpc) is 2.95. The molecule has 1 aliphatic rings. The fourth-order valence-corrected chi connectivity index (χ4v) is 3.34. The fourth-order valence-electron chi connectivity index (χ4n) is 1.92. The predicted octanol–water partition coefficient (Wildman–Crippen LogP) is 1.07. The lowest BCUT2D eigenvalue weighted by Gasteiger charge is -2.13. The maximum absolute atomic E-state index is 5.36. The number of methoxy groups -OCH3 is 1. The third kappa shape index (κ3) is 3.00. The first kappa shape index (κ1) is 12.9. The Labute approximate surface area is 106 Å². The van der Waals surface area contributed by atoms with Crippen molar-refractivity contribution in [1.29, 1.82) is 0 Å². The van der Waals surface area contributed by atoms with Crippen LogP contribution in [0, 0.1) is 0 Å². The number of thioether (sulfide) groups is 1. The third-order valence-corrected chi connectivity index (χ3v) is 4.31. The lowest BCUT2D eigenvalue weighted by atomic mass is 10.0. The van der Waals surface area contributed by atoms with Gasteiger partial charge in [0.2, 0.25) is 5.89 Å². The number of likely N-dealkylation sites (N-methyl/N-ethyl adjacent to an activating group) is 1. The van der Waals surface area contributed by atoms with Gasteiger partial charge in [0.05, 0.1) is 12.0 Å². The fraction of sp³-hybridized carbons (Fsp3) is 0.818. The second-order valence-corrected chi connectivity index (χ2v) is 5.41. The van der Waals surface area contributed by atoms with Gasteiger partial charge in [-0.1, -0.05) is 5.16 Å². The largest absolute Gasteiger partial charge is 0.381 e. The summed E-state index contributed by atoms with van der Waals surface area (Å²) < 4.78 is 10.5. The van der Waals surface area contributed by atoms with E-state index in [0.717, 1.165) is 23.2 Å². The molecule has 0 radical (unpaired) electrons. The smallest absolute Gasteiger partial charge is 0.232 e. The number of rotatable bonds is 5.